The Hall–Kier alpha value is -1.66. The van der Waals surface area contributed by atoms with Gasteiger partial charge in [0.05, 0.1) is 12.2 Å². The monoisotopic (exact) mass is 296 g/mol. The van der Waals surface area contributed by atoms with Crippen LogP contribution in [0.4, 0.5) is 5.82 Å². The highest BCUT2D eigenvalue weighted by Crippen LogP contribution is 2.16. The molecule has 0 aliphatic rings. The summed E-state index contributed by atoms with van der Waals surface area (Å²) in [5, 5.41) is 9.21. The second kappa shape index (κ2) is 9.31. The summed E-state index contributed by atoms with van der Waals surface area (Å²) in [7, 11) is 3.31. The second-order valence-electron chi connectivity index (χ2n) is 4.69. The molecular formula is C15H24N2O4. The highest BCUT2D eigenvalue weighted by Gasteiger charge is 2.13. The van der Waals surface area contributed by atoms with Crippen molar-refractivity contribution in [3.8, 4) is 0 Å². The molecule has 0 aromatic carbocycles. The molecule has 0 bridgehead atoms. The number of rotatable bonds is 10. The molecule has 0 saturated heterocycles. The van der Waals surface area contributed by atoms with E-state index in [0.29, 0.717) is 32.0 Å². The number of aromatic nitrogens is 1. The maximum Gasteiger partial charge on any atom is 0.335 e. The maximum absolute atomic E-state index is 11.2. The molecule has 0 spiro atoms. The van der Waals surface area contributed by atoms with E-state index in [9.17, 15) is 9.90 Å². The Morgan fingerprint density at radius 2 is 1.95 bits per heavy atom. The van der Waals surface area contributed by atoms with Gasteiger partial charge in [0.2, 0.25) is 0 Å². The van der Waals surface area contributed by atoms with Crippen LogP contribution in [0.15, 0.2) is 12.1 Å². The maximum atomic E-state index is 11.2. The fourth-order valence-electron chi connectivity index (χ4n) is 1.98. The van der Waals surface area contributed by atoms with Gasteiger partial charge in [0.25, 0.3) is 0 Å². The first-order valence-corrected chi connectivity index (χ1v) is 7.09. The van der Waals surface area contributed by atoms with Gasteiger partial charge in [0, 0.05) is 39.6 Å². The van der Waals surface area contributed by atoms with E-state index in [1.807, 2.05) is 11.8 Å². The smallest absolute Gasteiger partial charge is 0.335 e. The predicted octanol–water partition coefficient (Wildman–Crippen LogP) is 1.83. The van der Waals surface area contributed by atoms with Crippen LogP contribution >= 0.6 is 0 Å². The van der Waals surface area contributed by atoms with Gasteiger partial charge in [-0.1, -0.05) is 6.92 Å². The van der Waals surface area contributed by atoms with E-state index in [2.05, 4.69) is 4.98 Å². The third-order valence-corrected chi connectivity index (χ3v) is 3.14. The van der Waals surface area contributed by atoms with E-state index < -0.39 is 5.97 Å². The summed E-state index contributed by atoms with van der Waals surface area (Å²) in [6.45, 7) is 4.59. The van der Waals surface area contributed by atoms with Crippen LogP contribution in [0.3, 0.4) is 0 Å². The van der Waals surface area contributed by atoms with Crippen LogP contribution in [0.5, 0.6) is 0 Å². The summed E-state index contributed by atoms with van der Waals surface area (Å²) in [5.74, 6) is -0.253. The van der Waals surface area contributed by atoms with Crippen molar-refractivity contribution in [2.24, 2.45) is 0 Å². The number of hydrogen-bond acceptors (Lipinski definition) is 5. The first-order chi connectivity index (χ1) is 10.1. The van der Waals surface area contributed by atoms with Gasteiger partial charge >= 0.3 is 5.97 Å². The predicted molar refractivity (Wildman–Crippen MR) is 81.2 cm³/mol. The summed E-state index contributed by atoms with van der Waals surface area (Å²) in [6, 6.07) is 3.24. The van der Waals surface area contributed by atoms with Crippen molar-refractivity contribution in [2.75, 3.05) is 45.4 Å². The number of carboxylic acid groups (broad SMARTS) is 1. The van der Waals surface area contributed by atoms with Crippen molar-refractivity contribution < 1.29 is 19.4 Å². The number of ether oxygens (including phenoxy) is 2. The van der Waals surface area contributed by atoms with Crippen LogP contribution in [0.2, 0.25) is 0 Å². The van der Waals surface area contributed by atoms with E-state index in [1.165, 1.54) is 0 Å². The van der Waals surface area contributed by atoms with E-state index in [-0.39, 0.29) is 5.56 Å². The zero-order valence-corrected chi connectivity index (χ0v) is 13.0. The molecule has 21 heavy (non-hydrogen) atoms. The number of nitrogens with zero attached hydrogens (tertiary/aromatic N) is 2. The molecule has 1 aromatic rings. The van der Waals surface area contributed by atoms with Gasteiger partial charge in [0.1, 0.15) is 5.82 Å². The van der Waals surface area contributed by atoms with Crippen LogP contribution < -0.4 is 4.90 Å². The lowest BCUT2D eigenvalue weighted by molar-refractivity contribution is 0.0696. The third kappa shape index (κ3) is 5.69. The van der Waals surface area contributed by atoms with Crippen LogP contribution in [-0.2, 0) is 15.9 Å². The number of carboxylic acids is 1. The number of hydrogen-bond donors (Lipinski definition) is 1. The summed E-state index contributed by atoms with van der Waals surface area (Å²) in [4.78, 5) is 17.8. The van der Waals surface area contributed by atoms with Crippen molar-refractivity contribution in [3.63, 3.8) is 0 Å². The van der Waals surface area contributed by atoms with Crippen molar-refractivity contribution in [2.45, 2.75) is 19.8 Å². The molecule has 1 heterocycles. The van der Waals surface area contributed by atoms with Crippen LogP contribution in [0, 0.1) is 0 Å². The standard InChI is InChI=1S/C15H24N2O4/c1-4-13-10-12(15(18)19)11-14(16-13)17(7-9-21-3)6-5-8-20-2/h10-11H,4-9H2,1-3H3,(H,18,19). The number of anilines is 1. The Balaban J connectivity index is 2.97. The number of carbonyl (C=O) groups is 1. The summed E-state index contributed by atoms with van der Waals surface area (Å²) in [5.41, 5.74) is 1.05. The number of aromatic carboxylic acids is 1. The highest BCUT2D eigenvalue weighted by atomic mass is 16.5. The lowest BCUT2D eigenvalue weighted by Crippen LogP contribution is -2.30. The molecule has 0 fully saturated rings. The zero-order valence-electron chi connectivity index (χ0n) is 13.0. The first-order valence-electron chi connectivity index (χ1n) is 7.09. The highest BCUT2D eigenvalue weighted by molar-refractivity contribution is 5.88. The molecule has 6 heteroatoms. The largest absolute Gasteiger partial charge is 0.478 e. The molecule has 0 saturated carbocycles. The average molecular weight is 296 g/mol. The third-order valence-electron chi connectivity index (χ3n) is 3.14. The normalized spacial score (nSPS) is 10.6. The van der Waals surface area contributed by atoms with Crippen molar-refractivity contribution >= 4 is 11.8 Å². The lowest BCUT2D eigenvalue weighted by Gasteiger charge is -2.24. The molecule has 1 rings (SSSR count). The Bertz CT molecular complexity index is 451. The molecule has 0 aliphatic carbocycles. The van der Waals surface area contributed by atoms with Gasteiger partial charge in [-0.2, -0.15) is 0 Å². The molecular weight excluding hydrogens is 272 g/mol. The van der Waals surface area contributed by atoms with Gasteiger partial charge < -0.3 is 19.5 Å². The summed E-state index contributed by atoms with van der Waals surface area (Å²) < 4.78 is 10.2. The fraction of sp³-hybridized carbons (Fsp3) is 0.600. The Kier molecular flexibility index (Phi) is 7.71. The van der Waals surface area contributed by atoms with Gasteiger partial charge in [-0.25, -0.2) is 9.78 Å². The number of methoxy groups -OCH3 is 2. The fourth-order valence-corrected chi connectivity index (χ4v) is 1.98. The van der Waals surface area contributed by atoms with Gasteiger partial charge in [0.15, 0.2) is 0 Å². The topological polar surface area (TPSA) is 71.9 Å². The minimum Gasteiger partial charge on any atom is -0.478 e. The summed E-state index contributed by atoms with van der Waals surface area (Å²) >= 11 is 0. The Morgan fingerprint density at radius 3 is 2.52 bits per heavy atom. The van der Waals surface area contributed by atoms with Crippen LogP contribution in [-0.4, -0.2) is 56.6 Å². The minimum absolute atomic E-state index is 0.269. The van der Waals surface area contributed by atoms with Gasteiger partial charge in [-0.3, -0.25) is 0 Å². The zero-order chi connectivity index (χ0) is 15.7. The quantitative estimate of drug-likeness (QED) is 0.664. The molecule has 0 atom stereocenters. The molecule has 1 aromatic heterocycles. The number of pyridine rings is 1. The molecule has 0 radical (unpaired) electrons. The second-order valence-corrected chi connectivity index (χ2v) is 4.69. The molecule has 0 aliphatic heterocycles. The minimum atomic E-state index is -0.933. The SMILES string of the molecule is CCc1cc(C(=O)O)cc(N(CCCOC)CCOC)n1. The average Bonchev–Trinajstić information content (AvgIpc) is 2.50. The van der Waals surface area contributed by atoms with Crippen molar-refractivity contribution in [3.05, 3.63) is 23.4 Å². The van der Waals surface area contributed by atoms with Crippen molar-refractivity contribution in [1.82, 2.24) is 4.98 Å². The Morgan fingerprint density at radius 1 is 1.24 bits per heavy atom. The molecule has 6 nitrogen and oxygen atoms in total. The molecule has 118 valence electrons. The summed E-state index contributed by atoms with van der Waals surface area (Å²) in [6.07, 6.45) is 1.55. The van der Waals surface area contributed by atoms with E-state index in [1.54, 1.807) is 26.4 Å². The van der Waals surface area contributed by atoms with Crippen molar-refractivity contribution in [1.29, 1.82) is 0 Å². The van der Waals surface area contributed by atoms with E-state index in [4.69, 9.17) is 9.47 Å². The van der Waals surface area contributed by atoms with Crippen LogP contribution in [0.25, 0.3) is 0 Å². The Labute approximate surface area is 125 Å². The lowest BCUT2D eigenvalue weighted by atomic mass is 10.2. The first kappa shape index (κ1) is 17.4. The molecule has 0 amide bonds. The van der Waals surface area contributed by atoms with Gasteiger partial charge in [-0.15, -0.1) is 0 Å². The van der Waals surface area contributed by atoms with E-state index in [0.717, 1.165) is 18.7 Å². The van der Waals surface area contributed by atoms with E-state index >= 15 is 0 Å². The van der Waals surface area contributed by atoms with Gasteiger partial charge in [-0.05, 0) is 25.0 Å². The number of aryl methyl sites for hydroxylation is 1. The molecule has 0 unspecified atom stereocenters. The molecule has 1 N–H and O–H groups in total. The van der Waals surface area contributed by atoms with Crippen LogP contribution in [0.1, 0.15) is 29.4 Å².